The maximum absolute atomic E-state index is 10.9. The molecule has 2 heterocycles. The lowest BCUT2D eigenvalue weighted by atomic mass is 10.3. The van der Waals surface area contributed by atoms with E-state index in [0.717, 1.165) is 19.6 Å². The Hall–Kier alpha value is -1.69. The van der Waals surface area contributed by atoms with E-state index >= 15 is 0 Å². The first-order valence-corrected chi connectivity index (χ1v) is 5.67. The van der Waals surface area contributed by atoms with Gasteiger partial charge in [0.05, 0.1) is 6.20 Å². The average Bonchev–Trinajstić information content (AvgIpc) is 2.82. The summed E-state index contributed by atoms with van der Waals surface area (Å²) in [7, 11) is 0. The lowest BCUT2D eigenvalue weighted by molar-refractivity contribution is 0.0690. The molecule has 0 unspecified atom stereocenters. The molecule has 0 saturated carbocycles. The second-order valence-electron chi connectivity index (χ2n) is 3.95. The molecule has 0 spiro atoms. The monoisotopic (exact) mass is 237 g/mol. The summed E-state index contributed by atoms with van der Waals surface area (Å²) >= 11 is 0. The first-order chi connectivity index (χ1) is 8.27. The van der Waals surface area contributed by atoms with E-state index in [9.17, 15) is 4.79 Å². The highest BCUT2D eigenvalue weighted by Crippen LogP contribution is 2.13. The van der Waals surface area contributed by atoms with E-state index in [0.29, 0.717) is 6.61 Å². The summed E-state index contributed by atoms with van der Waals surface area (Å²) in [6.07, 6.45) is 3.80. The highest BCUT2D eigenvalue weighted by atomic mass is 16.5. The van der Waals surface area contributed by atoms with Crippen LogP contribution in [0.4, 0.5) is 0 Å². The smallest absolute Gasteiger partial charge is 0.341 e. The number of hydrogen-bond acceptors (Lipinski definition) is 5. The maximum atomic E-state index is 10.9. The van der Waals surface area contributed by atoms with Crippen molar-refractivity contribution in [3.63, 3.8) is 0 Å². The number of carboxylic acids is 1. The molecule has 6 heteroatoms. The molecule has 0 aromatic carbocycles. The number of carbonyl (C=O) groups is 1. The summed E-state index contributed by atoms with van der Waals surface area (Å²) < 4.78 is 5.36. The Morgan fingerprint density at radius 1 is 1.47 bits per heavy atom. The van der Waals surface area contributed by atoms with Gasteiger partial charge in [-0.05, 0) is 32.0 Å². The van der Waals surface area contributed by atoms with E-state index in [2.05, 4.69) is 15.1 Å². The van der Waals surface area contributed by atoms with Gasteiger partial charge >= 0.3 is 5.97 Å². The summed E-state index contributed by atoms with van der Waals surface area (Å²) in [5.41, 5.74) is 0.0569. The Kier molecular flexibility index (Phi) is 3.87. The molecule has 0 bridgehead atoms. The van der Waals surface area contributed by atoms with Crippen LogP contribution in [0.2, 0.25) is 0 Å². The Morgan fingerprint density at radius 2 is 2.24 bits per heavy atom. The van der Waals surface area contributed by atoms with Crippen LogP contribution in [0, 0.1) is 0 Å². The highest BCUT2D eigenvalue weighted by Gasteiger charge is 2.14. The SMILES string of the molecule is O=C(O)c1ccnnc1OCCN1CCCC1. The molecular formula is C11H15N3O3. The van der Waals surface area contributed by atoms with Crippen molar-refractivity contribution in [2.45, 2.75) is 12.8 Å². The number of rotatable bonds is 5. The largest absolute Gasteiger partial charge is 0.477 e. The van der Waals surface area contributed by atoms with Crippen molar-refractivity contribution in [3.8, 4) is 5.88 Å². The molecule has 17 heavy (non-hydrogen) atoms. The molecular weight excluding hydrogens is 222 g/mol. The van der Waals surface area contributed by atoms with Crippen LogP contribution in [0.5, 0.6) is 5.88 Å². The first kappa shape index (κ1) is 11.8. The maximum Gasteiger partial charge on any atom is 0.341 e. The summed E-state index contributed by atoms with van der Waals surface area (Å²) in [5.74, 6) is -0.949. The summed E-state index contributed by atoms with van der Waals surface area (Å²) in [6.45, 7) is 3.43. The Balaban J connectivity index is 1.87. The topological polar surface area (TPSA) is 75.5 Å². The van der Waals surface area contributed by atoms with Crippen LogP contribution in [-0.4, -0.2) is 52.4 Å². The van der Waals surface area contributed by atoms with Crippen LogP contribution in [0.3, 0.4) is 0 Å². The van der Waals surface area contributed by atoms with Gasteiger partial charge in [0.25, 0.3) is 0 Å². The van der Waals surface area contributed by atoms with Gasteiger partial charge in [-0.1, -0.05) is 0 Å². The number of aromatic nitrogens is 2. The summed E-state index contributed by atoms with van der Waals surface area (Å²) in [5, 5.41) is 16.2. The number of nitrogens with zero attached hydrogens (tertiary/aromatic N) is 3. The third-order valence-corrected chi connectivity index (χ3v) is 2.76. The summed E-state index contributed by atoms with van der Waals surface area (Å²) in [6, 6.07) is 1.39. The number of aromatic carboxylic acids is 1. The van der Waals surface area contributed by atoms with Crippen LogP contribution >= 0.6 is 0 Å². The summed E-state index contributed by atoms with van der Waals surface area (Å²) in [4.78, 5) is 13.2. The lowest BCUT2D eigenvalue weighted by Crippen LogP contribution is -2.25. The first-order valence-electron chi connectivity index (χ1n) is 5.67. The van der Waals surface area contributed by atoms with Gasteiger partial charge in [-0.2, -0.15) is 5.10 Å². The van der Waals surface area contributed by atoms with Gasteiger partial charge in [-0.15, -0.1) is 5.10 Å². The fourth-order valence-electron chi connectivity index (χ4n) is 1.87. The van der Waals surface area contributed by atoms with Crippen LogP contribution in [-0.2, 0) is 0 Å². The van der Waals surface area contributed by atoms with Gasteiger partial charge in [-0.25, -0.2) is 4.79 Å². The second kappa shape index (κ2) is 5.58. The van der Waals surface area contributed by atoms with Gasteiger partial charge in [0.1, 0.15) is 12.2 Å². The molecule has 6 nitrogen and oxygen atoms in total. The predicted octanol–water partition coefficient (Wildman–Crippen LogP) is 0.649. The number of carboxylic acid groups (broad SMARTS) is 1. The molecule has 1 fully saturated rings. The van der Waals surface area contributed by atoms with Crippen molar-refractivity contribution < 1.29 is 14.6 Å². The quantitative estimate of drug-likeness (QED) is 0.810. The molecule has 1 aromatic rings. The number of ether oxygens (including phenoxy) is 1. The van der Waals surface area contributed by atoms with Gasteiger partial charge in [-0.3, -0.25) is 4.90 Å². The predicted molar refractivity (Wildman–Crippen MR) is 60.2 cm³/mol. The zero-order valence-corrected chi connectivity index (χ0v) is 9.50. The van der Waals surface area contributed by atoms with E-state index in [1.54, 1.807) is 0 Å². The molecule has 0 radical (unpaired) electrons. The minimum absolute atomic E-state index is 0.0569. The standard InChI is InChI=1S/C11H15N3O3/c15-11(16)9-3-4-12-13-10(9)17-8-7-14-5-1-2-6-14/h3-4H,1-2,5-8H2,(H,15,16). The molecule has 0 aliphatic carbocycles. The van der Waals surface area contributed by atoms with Crippen LogP contribution in [0.15, 0.2) is 12.3 Å². The van der Waals surface area contributed by atoms with E-state index in [1.165, 1.54) is 25.1 Å². The molecule has 1 aliphatic rings. The minimum atomic E-state index is -1.05. The van der Waals surface area contributed by atoms with Crippen molar-refractivity contribution in [1.29, 1.82) is 0 Å². The number of hydrogen-bond donors (Lipinski definition) is 1. The lowest BCUT2D eigenvalue weighted by Gasteiger charge is -2.14. The van der Waals surface area contributed by atoms with Crippen molar-refractivity contribution >= 4 is 5.97 Å². The van der Waals surface area contributed by atoms with Crippen molar-refractivity contribution in [2.75, 3.05) is 26.2 Å². The van der Waals surface area contributed by atoms with E-state index in [4.69, 9.17) is 9.84 Å². The minimum Gasteiger partial charge on any atom is -0.477 e. The van der Waals surface area contributed by atoms with E-state index in [-0.39, 0.29) is 11.4 Å². The molecule has 92 valence electrons. The van der Waals surface area contributed by atoms with Crippen molar-refractivity contribution in [3.05, 3.63) is 17.8 Å². The van der Waals surface area contributed by atoms with E-state index < -0.39 is 5.97 Å². The fourth-order valence-corrected chi connectivity index (χ4v) is 1.87. The second-order valence-corrected chi connectivity index (χ2v) is 3.95. The fraction of sp³-hybridized carbons (Fsp3) is 0.545. The van der Waals surface area contributed by atoms with Gasteiger partial charge in [0, 0.05) is 6.54 Å². The van der Waals surface area contributed by atoms with Crippen molar-refractivity contribution in [1.82, 2.24) is 15.1 Å². The molecule has 1 saturated heterocycles. The van der Waals surface area contributed by atoms with Crippen molar-refractivity contribution in [2.24, 2.45) is 0 Å². The molecule has 1 N–H and O–H groups in total. The van der Waals surface area contributed by atoms with Gasteiger partial charge < -0.3 is 9.84 Å². The highest BCUT2D eigenvalue weighted by molar-refractivity contribution is 5.89. The van der Waals surface area contributed by atoms with Gasteiger partial charge in [0.15, 0.2) is 0 Å². The van der Waals surface area contributed by atoms with Gasteiger partial charge in [0.2, 0.25) is 5.88 Å². The average molecular weight is 237 g/mol. The van der Waals surface area contributed by atoms with Crippen LogP contribution in [0.25, 0.3) is 0 Å². The Bertz CT molecular complexity index is 391. The van der Waals surface area contributed by atoms with Crippen LogP contribution < -0.4 is 4.74 Å². The number of likely N-dealkylation sites (tertiary alicyclic amines) is 1. The third kappa shape index (κ3) is 3.13. The molecule has 0 amide bonds. The van der Waals surface area contributed by atoms with Crippen LogP contribution in [0.1, 0.15) is 23.2 Å². The zero-order chi connectivity index (χ0) is 12.1. The van der Waals surface area contributed by atoms with E-state index in [1.807, 2.05) is 0 Å². The molecule has 0 atom stereocenters. The molecule has 1 aliphatic heterocycles. The Morgan fingerprint density at radius 3 is 2.94 bits per heavy atom. The zero-order valence-electron chi connectivity index (χ0n) is 9.50. The molecule has 1 aromatic heterocycles. The molecule has 2 rings (SSSR count). The normalized spacial score (nSPS) is 16.0. The Labute approximate surface area is 99.2 Å². The third-order valence-electron chi connectivity index (χ3n) is 2.76.